The molecular formula is C8H15NO2. The van der Waals surface area contributed by atoms with Crippen LogP contribution in [0.4, 0.5) is 0 Å². The highest BCUT2D eigenvalue weighted by atomic mass is 16.5. The third-order valence-electron chi connectivity index (χ3n) is 2.00. The lowest BCUT2D eigenvalue weighted by Crippen LogP contribution is -2.38. The highest BCUT2D eigenvalue weighted by molar-refractivity contribution is 5.73. The fourth-order valence-corrected chi connectivity index (χ4v) is 1.48. The molecule has 11 heavy (non-hydrogen) atoms. The first-order valence-corrected chi connectivity index (χ1v) is 4.12. The Bertz CT molecular complexity index is 147. The third kappa shape index (κ3) is 2.19. The van der Waals surface area contributed by atoms with Crippen molar-refractivity contribution in [3.8, 4) is 0 Å². The molecule has 1 aliphatic heterocycles. The molecule has 1 saturated heterocycles. The molecule has 3 heteroatoms. The highest BCUT2D eigenvalue weighted by Gasteiger charge is 2.26. The first-order chi connectivity index (χ1) is 5.24. The average Bonchev–Trinajstić information content (AvgIpc) is 2.34. The van der Waals surface area contributed by atoms with Crippen molar-refractivity contribution in [2.45, 2.75) is 38.8 Å². The van der Waals surface area contributed by atoms with Crippen LogP contribution in [0.1, 0.15) is 26.7 Å². The van der Waals surface area contributed by atoms with Crippen LogP contribution in [-0.2, 0) is 9.53 Å². The van der Waals surface area contributed by atoms with Gasteiger partial charge in [-0.05, 0) is 12.8 Å². The van der Waals surface area contributed by atoms with E-state index in [1.54, 1.807) is 6.92 Å². The Hall–Kier alpha value is -0.570. The summed E-state index contributed by atoms with van der Waals surface area (Å²) in [6, 6.07) is 0.248. The molecule has 0 saturated carbocycles. The van der Waals surface area contributed by atoms with Gasteiger partial charge in [0.05, 0.1) is 12.1 Å². The summed E-state index contributed by atoms with van der Waals surface area (Å²) in [5, 5.41) is 2.88. The molecule has 3 nitrogen and oxygen atoms in total. The number of rotatable bonds is 2. The number of hydrogen-bond donors (Lipinski definition) is 1. The molecule has 0 radical (unpaired) electrons. The molecule has 1 aliphatic rings. The van der Waals surface area contributed by atoms with Crippen LogP contribution in [0.15, 0.2) is 0 Å². The molecule has 64 valence electrons. The molecular weight excluding hydrogens is 142 g/mol. The Balaban J connectivity index is 2.37. The number of hydrogen-bond acceptors (Lipinski definition) is 2. The number of nitrogens with one attached hydrogen (secondary N) is 1. The van der Waals surface area contributed by atoms with Crippen molar-refractivity contribution in [1.82, 2.24) is 5.32 Å². The van der Waals surface area contributed by atoms with E-state index < -0.39 is 0 Å². The van der Waals surface area contributed by atoms with Gasteiger partial charge in [-0.15, -0.1) is 0 Å². The van der Waals surface area contributed by atoms with E-state index in [2.05, 4.69) is 12.2 Å². The van der Waals surface area contributed by atoms with E-state index in [9.17, 15) is 4.79 Å². The molecule has 1 heterocycles. The molecule has 0 spiro atoms. The first-order valence-electron chi connectivity index (χ1n) is 4.12. The predicted molar refractivity (Wildman–Crippen MR) is 42.3 cm³/mol. The van der Waals surface area contributed by atoms with E-state index >= 15 is 0 Å². The van der Waals surface area contributed by atoms with Crippen molar-refractivity contribution in [3.63, 3.8) is 0 Å². The summed E-state index contributed by atoms with van der Waals surface area (Å²) in [4.78, 5) is 10.7. The van der Waals surface area contributed by atoms with Crippen LogP contribution >= 0.6 is 0 Å². The van der Waals surface area contributed by atoms with Gasteiger partial charge in [-0.3, -0.25) is 4.79 Å². The zero-order valence-electron chi connectivity index (χ0n) is 7.09. The molecule has 1 N–H and O–H groups in total. The lowest BCUT2D eigenvalue weighted by Gasteiger charge is -2.16. The minimum atomic E-state index is 0.0407. The average molecular weight is 157 g/mol. The zero-order valence-corrected chi connectivity index (χ0v) is 7.09. The second-order valence-corrected chi connectivity index (χ2v) is 2.91. The molecule has 0 aromatic rings. The minimum absolute atomic E-state index is 0.0407. The van der Waals surface area contributed by atoms with Crippen LogP contribution in [0.2, 0.25) is 0 Å². The van der Waals surface area contributed by atoms with Crippen molar-refractivity contribution in [2.24, 2.45) is 0 Å². The van der Waals surface area contributed by atoms with E-state index in [1.807, 2.05) is 0 Å². The highest BCUT2D eigenvalue weighted by Crippen LogP contribution is 2.15. The largest absolute Gasteiger partial charge is 0.376 e. The van der Waals surface area contributed by atoms with Crippen LogP contribution in [-0.4, -0.2) is 24.7 Å². The third-order valence-corrected chi connectivity index (χ3v) is 2.00. The first kappa shape index (κ1) is 8.53. The van der Waals surface area contributed by atoms with Crippen molar-refractivity contribution >= 4 is 5.91 Å². The summed E-state index contributed by atoms with van der Waals surface area (Å²) in [6.07, 6.45) is 2.17. The summed E-state index contributed by atoms with van der Waals surface area (Å²) in [5.41, 5.74) is 0. The number of carbonyl (C=O) groups is 1. The molecule has 1 rings (SSSR count). The van der Waals surface area contributed by atoms with Gasteiger partial charge in [-0.1, -0.05) is 6.92 Å². The standard InChI is InChI=1S/C8H15NO2/c1-3-8-7(4-5-11-8)9-6(2)10/h7-8H,3-5H2,1-2H3,(H,9,10)/t7-,8+/m0/s1. The Labute approximate surface area is 67.1 Å². The number of amides is 1. The number of ether oxygens (including phenoxy) is 1. The second kappa shape index (κ2) is 3.72. The predicted octanol–water partition coefficient (Wildman–Crippen LogP) is 0.690. The van der Waals surface area contributed by atoms with Crippen LogP contribution in [0.25, 0.3) is 0 Å². The van der Waals surface area contributed by atoms with Crippen LogP contribution in [0, 0.1) is 0 Å². The SMILES string of the molecule is CC[C@H]1OCC[C@@H]1NC(C)=O. The topological polar surface area (TPSA) is 38.3 Å². The lowest BCUT2D eigenvalue weighted by atomic mass is 10.1. The van der Waals surface area contributed by atoms with Gasteiger partial charge in [-0.25, -0.2) is 0 Å². The Kier molecular flexibility index (Phi) is 2.88. The fraction of sp³-hybridized carbons (Fsp3) is 0.875. The van der Waals surface area contributed by atoms with Crippen molar-refractivity contribution < 1.29 is 9.53 Å². The zero-order chi connectivity index (χ0) is 8.27. The van der Waals surface area contributed by atoms with Gasteiger partial charge in [0.15, 0.2) is 0 Å². The molecule has 0 unspecified atom stereocenters. The maximum absolute atomic E-state index is 10.7. The van der Waals surface area contributed by atoms with Crippen LogP contribution < -0.4 is 5.32 Å². The van der Waals surface area contributed by atoms with E-state index in [0.29, 0.717) is 0 Å². The van der Waals surface area contributed by atoms with Gasteiger partial charge in [0.2, 0.25) is 5.91 Å². The van der Waals surface area contributed by atoms with Crippen molar-refractivity contribution in [3.05, 3.63) is 0 Å². The number of carbonyl (C=O) groups excluding carboxylic acids is 1. The normalized spacial score (nSPS) is 30.4. The monoisotopic (exact) mass is 157 g/mol. The maximum atomic E-state index is 10.7. The molecule has 0 aromatic heterocycles. The van der Waals surface area contributed by atoms with Crippen molar-refractivity contribution in [2.75, 3.05) is 6.61 Å². The van der Waals surface area contributed by atoms with Gasteiger partial charge < -0.3 is 10.1 Å². The Morgan fingerprint density at radius 3 is 3.00 bits per heavy atom. The molecule has 2 atom stereocenters. The van der Waals surface area contributed by atoms with Crippen LogP contribution in [0.5, 0.6) is 0 Å². The second-order valence-electron chi connectivity index (χ2n) is 2.91. The van der Waals surface area contributed by atoms with E-state index in [1.165, 1.54) is 0 Å². The summed E-state index contributed by atoms with van der Waals surface area (Å²) in [6.45, 7) is 4.40. The summed E-state index contributed by atoms with van der Waals surface area (Å²) >= 11 is 0. The fourth-order valence-electron chi connectivity index (χ4n) is 1.48. The smallest absolute Gasteiger partial charge is 0.217 e. The summed E-state index contributed by atoms with van der Waals surface area (Å²) < 4.78 is 5.40. The lowest BCUT2D eigenvalue weighted by molar-refractivity contribution is -0.120. The van der Waals surface area contributed by atoms with E-state index in [0.717, 1.165) is 19.4 Å². The molecule has 1 amide bonds. The van der Waals surface area contributed by atoms with Gasteiger partial charge in [0, 0.05) is 13.5 Å². The maximum Gasteiger partial charge on any atom is 0.217 e. The van der Waals surface area contributed by atoms with Gasteiger partial charge in [-0.2, -0.15) is 0 Å². The van der Waals surface area contributed by atoms with Crippen molar-refractivity contribution in [1.29, 1.82) is 0 Å². The minimum Gasteiger partial charge on any atom is -0.376 e. The molecule has 0 aliphatic carbocycles. The molecule has 0 aromatic carbocycles. The summed E-state index contributed by atoms with van der Waals surface area (Å²) in [5.74, 6) is 0.0407. The quantitative estimate of drug-likeness (QED) is 0.640. The molecule has 0 bridgehead atoms. The molecule has 1 fully saturated rings. The summed E-state index contributed by atoms with van der Waals surface area (Å²) in [7, 11) is 0. The Morgan fingerprint density at radius 1 is 1.73 bits per heavy atom. The van der Waals surface area contributed by atoms with E-state index in [-0.39, 0.29) is 18.1 Å². The van der Waals surface area contributed by atoms with E-state index in [4.69, 9.17) is 4.74 Å². The van der Waals surface area contributed by atoms with Crippen LogP contribution in [0.3, 0.4) is 0 Å². The van der Waals surface area contributed by atoms with Gasteiger partial charge in [0.1, 0.15) is 0 Å². The van der Waals surface area contributed by atoms with Gasteiger partial charge >= 0.3 is 0 Å². The Morgan fingerprint density at radius 2 is 2.45 bits per heavy atom. The van der Waals surface area contributed by atoms with Gasteiger partial charge in [0.25, 0.3) is 0 Å².